The molecule has 2 aromatic heterocycles. The van der Waals surface area contributed by atoms with Crippen LogP contribution in [0.25, 0.3) is 11.2 Å². The van der Waals surface area contributed by atoms with E-state index in [0.29, 0.717) is 31.0 Å². The minimum atomic E-state index is -0.292. The lowest BCUT2D eigenvalue weighted by Gasteiger charge is -2.32. The number of H-pyrrole nitrogens is 1. The summed E-state index contributed by atoms with van der Waals surface area (Å²) in [5, 5.41) is 8.30. The number of fused-ring (bicyclic) bond motifs is 1. The highest BCUT2D eigenvalue weighted by atomic mass is 16.2. The van der Waals surface area contributed by atoms with Gasteiger partial charge in [-0.05, 0) is 43.4 Å². The summed E-state index contributed by atoms with van der Waals surface area (Å²) in [5.41, 5.74) is 4.86. The summed E-state index contributed by atoms with van der Waals surface area (Å²) in [5.74, 6) is 0.662. The van der Waals surface area contributed by atoms with Crippen LogP contribution in [-0.4, -0.2) is 48.9 Å². The molecule has 1 amide bonds. The van der Waals surface area contributed by atoms with Crippen molar-refractivity contribution in [1.29, 1.82) is 0 Å². The van der Waals surface area contributed by atoms with Crippen LogP contribution in [0.5, 0.6) is 0 Å². The first-order valence-corrected chi connectivity index (χ1v) is 11.7. The minimum absolute atomic E-state index is 0.0328. The largest absolute Gasteiger partial charge is 0.342 e. The molecule has 1 saturated heterocycles. The van der Waals surface area contributed by atoms with E-state index >= 15 is 0 Å². The molecule has 0 saturated carbocycles. The number of likely N-dealkylation sites (tertiary alicyclic amines) is 1. The maximum Gasteiger partial charge on any atom is 0.281 e. The number of aromatic amines is 1. The van der Waals surface area contributed by atoms with E-state index in [1.807, 2.05) is 35.2 Å². The van der Waals surface area contributed by atoms with E-state index in [9.17, 15) is 9.59 Å². The van der Waals surface area contributed by atoms with Gasteiger partial charge < -0.3 is 9.88 Å². The fourth-order valence-corrected chi connectivity index (χ4v) is 4.62. The Hall–Kier alpha value is -3.81. The predicted molar refractivity (Wildman–Crippen MR) is 130 cm³/mol. The molecule has 3 heterocycles. The Morgan fingerprint density at radius 3 is 2.79 bits per heavy atom. The molecule has 8 heteroatoms. The summed E-state index contributed by atoms with van der Waals surface area (Å²) in [6.07, 6.45) is 2.11. The third-order valence-corrected chi connectivity index (χ3v) is 6.58. The van der Waals surface area contributed by atoms with Gasteiger partial charge in [0.15, 0.2) is 11.2 Å². The Labute approximate surface area is 197 Å². The highest BCUT2D eigenvalue weighted by molar-refractivity contribution is 5.79. The molecule has 1 atom stereocenters. The molecule has 1 aliphatic rings. The second-order valence-electron chi connectivity index (χ2n) is 9.14. The lowest BCUT2D eigenvalue weighted by Crippen LogP contribution is -2.40. The van der Waals surface area contributed by atoms with Crippen molar-refractivity contribution in [2.24, 2.45) is 0 Å². The van der Waals surface area contributed by atoms with Crippen molar-refractivity contribution in [3.8, 4) is 0 Å². The quantitative estimate of drug-likeness (QED) is 0.498. The maximum absolute atomic E-state index is 12.9. The van der Waals surface area contributed by atoms with Crippen LogP contribution in [0.1, 0.15) is 46.8 Å². The highest BCUT2D eigenvalue weighted by Gasteiger charge is 2.27. The van der Waals surface area contributed by atoms with Crippen molar-refractivity contribution in [2.45, 2.75) is 45.6 Å². The van der Waals surface area contributed by atoms with Crippen molar-refractivity contribution in [3.63, 3.8) is 0 Å². The molecule has 0 unspecified atom stereocenters. The number of aromatic nitrogens is 5. The summed E-state index contributed by atoms with van der Waals surface area (Å²) in [7, 11) is 0. The number of nitrogens with zero attached hydrogens (tertiary/aromatic N) is 5. The standard InChI is InChI=1S/C26H28N6O2/c1-17-10-11-18(2)21(13-17)16-32-25-23(29-30-32)26(34)28-24(27-25)20-9-6-12-31(15-20)22(33)14-19-7-4-3-5-8-19/h3-5,7-8,10-11,13,20H,6,9,12,14-16H2,1-2H3,(H,27,28,34)/t20-/m0/s1. The van der Waals surface area contributed by atoms with Gasteiger partial charge in [0.1, 0.15) is 5.82 Å². The van der Waals surface area contributed by atoms with Gasteiger partial charge in [0.25, 0.3) is 5.56 Å². The smallest absolute Gasteiger partial charge is 0.281 e. The molecule has 174 valence electrons. The molecule has 34 heavy (non-hydrogen) atoms. The van der Waals surface area contributed by atoms with Crippen molar-refractivity contribution in [2.75, 3.05) is 13.1 Å². The van der Waals surface area contributed by atoms with Crippen LogP contribution in [0.15, 0.2) is 53.3 Å². The number of hydrogen-bond donors (Lipinski definition) is 1. The Balaban J connectivity index is 1.40. The molecule has 0 radical (unpaired) electrons. The zero-order valence-electron chi connectivity index (χ0n) is 19.5. The normalized spacial score (nSPS) is 16.2. The number of piperidine rings is 1. The van der Waals surface area contributed by atoms with Crippen LogP contribution >= 0.6 is 0 Å². The van der Waals surface area contributed by atoms with Crippen LogP contribution in [0, 0.1) is 13.8 Å². The van der Waals surface area contributed by atoms with Gasteiger partial charge in [-0.3, -0.25) is 9.59 Å². The SMILES string of the molecule is Cc1ccc(C)c(Cn2nnc3c(=O)[nH]c([C@H]4CCCN(C(=O)Cc5ccccc5)C4)nc32)c1. The zero-order chi connectivity index (χ0) is 23.7. The van der Waals surface area contributed by atoms with Gasteiger partial charge in [-0.1, -0.05) is 59.3 Å². The molecule has 2 aromatic carbocycles. The Morgan fingerprint density at radius 1 is 1.15 bits per heavy atom. The Morgan fingerprint density at radius 2 is 1.97 bits per heavy atom. The zero-order valence-corrected chi connectivity index (χ0v) is 19.5. The lowest BCUT2D eigenvalue weighted by atomic mass is 9.96. The molecule has 0 bridgehead atoms. The van der Waals surface area contributed by atoms with Gasteiger partial charge in [-0.15, -0.1) is 5.10 Å². The number of benzene rings is 2. The van der Waals surface area contributed by atoms with E-state index in [1.165, 1.54) is 5.56 Å². The van der Waals surface area contributed by atoms with E-state index < -0.39 is 0 Å². The Bertz CT molecular complexity index is 1390. The van der Waals surface area contributed by atoms with Crippen molar-refractivity contribution in [1.82, 2.24) is 29.9 Å². The van der Waals surface area contributed by atoms with Crippen molar-refractivity contribution >= 4 is 17.1 Å². The molecule has 1 fully saturated rings. The van der Waals surface area contributed by atoms with E-state index in [2.05, 4.69) is 47.3 Å². The summed E-state index contributed by atoms with van der Waals surface area (Å²) in [6, 6.07) is 16.1. The second kappa shape index (κ2) is 9.21. The third-order valence-electron chi connectivity index (χ3n) is 6.58. The number of carbonyl (C=O) groups is 1. The van der Waals surface area contributed by atoms with E-state index in [1.54, 1.807) is 4.68 Å². The number of nitrogens with one attached hydrogen (secondary N) is 1. The first-order chi connectivity index (χ1) is 16.5. The third kappa shape index (κ3) is 4.48. The highest BCUT2D eigenvalue weighted by Crippen LogP contribution is 2.25. The van der Waals surface area contributed by atoms with Gasteiger partial charge in [-0.25, -0.2) is 9.67 Å². The van der Waals surface area contributed by atoms with Crippen molar-refractivity contribution < 1.29 is 4.79 Å². The van der Waals surface area contributed by atoms with Gasteiger partial charge in [-0.2, -0.15) is 0 Å². The van der Waals surface area contributed by atoms with Crippen LogP contribution in [0.2, 0.25) is 0 Å². The number of aryl methyl sites for hydroxylation is 2. The average Bonchev–Trinajstić information content (AvgIpc) is 3.25. The van der Waals surface area contributed by atoms with Crippen molar-refractivity contribution in [3.05, 3.63) is 87.0 Å². The first kappa shape index (κ1) is 22.0. The molecule has 1 N–H and O–H groups in total. The molecule has 5 rings (SSSR count). The first-order valence-electron chi connectivity index (χ1n) is 11.7. The second-order valence-corrected chi connectivity index (χ2v) is 9.14. The maximum atomic E-state index is 12.9. The van der Waals surface area contributed by atoms with Crippen LogP contribution in [0.4, 0.5) is 0 Å². The summed E-state index contributed by atoms with van der Waals surface area (Å²) in [6.45, 7) is 5.87. The number of hydrogen-bond acceptors (Lipinski definition) is 5. The molecule has 0 aliphatic carbocycles. The molecule has 1 aliphatic heterocycles. The molecular weight excluding hydrogens is 428 g/mol. The molecular formula is C26H28N6O2. The molecule has 8 nitrogen and oxygen atoms in total. The summed E-state index contributed by atoms with van der Waals surface area (Å²) < 4.78 is 1.69. The lowest BCUT2D eigenvalue weighted by molar-refractivity contribution is -0.131. The number of rotatable bonds is 5. The summed E-state index contributed by atoms with van der Waals surface area (Å²) in [4.78, 5) is 35.3. The number of carbonyl (C=O) groups excluding carboxylic acids is 1. The number of amides is 1. The van der Waals surface area contributed by atoms with Gasteiger partial charge in [0.2, 0.25) is 5.91 Å². The summed E-state index contributed by atoms with van der Waals surface area (Å²) >= 11 is 0. The Kier molecular flexibility index (Phi) is 5.96. The van der Waals surface area contributed by atoms with Gasteiger partial charge in [0.05, 0.1) is 13.0 Å². The van der Waals surface area contributed by atoms with E-state index in [4.69, 9.17) is 4.98 Å². The predicted octanol–water partition coefficient (Wildman–Crippen LogP) is 3.13. The van der Waals surface area contributed by atoms with Gasteiger partial charge >= 0.3 is 0 Å². The van der Waals surface area contributed by atoms with E-state index in [-0.39, 0.29) is 22.9 Å². The minimum Gasteiger partial charge on any atom is -0.342 e. The van der Waals surface area contributed by atoms with E-state index in [0.717, 1.165) is 36.1 Å². The topological polar surface area (TPSA) is 96.8 Å². The van der Waals surface area contributed by atoms with Gasteiger partial charge in [0, 0.05) is 19.0 Å². The molecule has 0 spiro atoms. The molecule has 4 aromatic rings. The fraction of sp³-hybridized carbons (Fsp3) is 0.346. The van der Waals surface area contributed by atoms with Crippen LogP contribution in [0.3, 0.4) is 0 Å². The van der Waals surface area contributed by atoms with Crippen LogP contribution < -0.4 is 5.56 Å². The van der Waals surface area contributed by atoms with Crippen LogP contribution in [-0.2, 0) is 17.8 Å². The monoisotopic (exact) mass is 456 g/mol. The average molecular weight is 457 g/mol. The fourth-order valence-electron chi connectivity index (χ4n) is 4.62.